The zero-order valence-corrected chi connectivity index (χ0v) is 13.2. The van der Waals surface area contributed by atoms with Crippen molar-refractivity contribution in [1.29, 1.82) is 0 Å². The summed E-state index contributed by atoms with van der Waals surface area (Å²) in [6.45, 7) is 5.21. The fourth-order valence-electron chi connectivity index (χ4n) is 2.64. The van der Waals surface area contributed by atoms with Crippen LogP contribution in [0, 0.1) is 5.82 Å². The van der Waals surface area contributed by atoms with Crippen molar-refractivity contribution in [3.63, 3.8) is 0 Å². The molecule has 2 rings (SSSR count). The van der Waals surface area contributed by atoms with Gasteiger partial charge in [0.15, 0.2) is 0 Å². The monoisotopic (exact) mass is 309 g/mol. The van der Waals surface area contributed by atoms with E-state index >= 15 is 0 Å². The number of hydrogen-bond donors (Lipinski definition) is 1. The minimum Gasteiger partial charge on any atom is -0.395 e. The summed E-state index contributed by atoms with van der Waals surface area (Å²) in [5.74, 6) is -0.145. The van der Waals surface area contributed by atoms with E-state index in [-0.39, 0.29) is 24.4 Å². The number of halogens is 1. The molecule has 1 atom stereocenters. The number of likely N-dealkylation sites (N-methyl/N-ethyl adjacent to an activating group) is 1. The summed E-state index contributed by atoms with van der Waals surface area (Å²) in [6, 6.07) is 6.22. The van der Waals surface area contributed by atoms with Gasteiger partial charge >= 0.3 is 0 Å². The predicted octanol–water partition coefficient (Wildman–Crippen LogP) is 0.787. The summed E-state index contributed by atoms with van der Waals surface area (Å²) in [6.07, 6.45) is 0. The highest BCUT2D eigenvalue weighted by molar-refractivity contribution is 5.81. The zero-order chi connectivity index (χ0) is 16.1. The summed E-state index contributed by atoms with van der Waals surface area (Å²) >= 11 is 0. The van der Waals surface area contributed by atoms with E-state index in [2.05, 4.69) is 4.90 Å². The second kappa shape index (κ2) is 7.56. The number of anilines is 1. The molecule has 1 aromatic carbocycles. The van der Waals surface area contributed by atoms with E-state index in [1.807, 2.05) is 23.8 Å². The number of piperazine rings is 1. The van der Waals surface area contributed by atoms with Gasteiger partial charge in [0.25, 0.3) is 0 Å². The molecule has 1 heterocycles. The highest BCUT2D eigenvalue weighted by atomic mass is 19.1. The first kappa shape index (κ1) is 16.7. The molecule has 1 aromatic rings. The molecule has 1 amide bonds. The number of aliphatic hydroxyl groups excluding tert-OH is 1. The quantitative estimate of drug-likeness (QED) is 0.873. The van der Waals surface area contributed by atoms with Gasteiger partial charge in [0.1, 0.15) is 5.82 Å². The Hall–Kier alpha value is -1.66. The maximum Gasteiger partial charge on any atom is 0.239 e. The average molecular weight is 309 g/mol. The topological polar surface area (TPSA) is 47.0 Å². The molecular weight excluding hydrogens is 285 g/mol. The maximum absolute atomic E-state index is 13.0. The van der Waals surface area contributed by atoms with Crippen molar-refractivity contribution in [2.75, 3.05) is 51.3 Å². The Balaban J connectivity index is 1.88. The van der Waals surface area contributed by atoms with Crippen LogP contribution in [0.15, 0.2) is 24.3 Å². The van der Waals surface area contributed by atoms with E-state index in [1.165, 1.54) is 12.1 Å². The van der Waals surface area contributed by atoms with Gasteiger partial charge in [-0.1, -0.05) is 0 Å². The molecule has 1 aliphatic heterocycles. The van der Waals surface area contributed by atoms with Crippen LogP contribution in [-0.4, -0.2) is 73.2 Å². The zero-order valence-electron chi connectivity index (χ0n) is 13.2. The first-order valence-corrected chi connectivity index (χ1v) is 7.63. The van der Waals surface area contributed by atoms with Gasteiger partial charge in [0, 0.05) is 38.4 Å². The van der Waals surface area contributed by atoms with Crippen molar-refractivity contribution in [3.05, 3.63) is 30.1 Å². The molecule has 1 aliphatic rings. The molecule has 5 nitrogen and oxygen atoms in total. The summed E-state index contributed by atoms with van der Waals surface area (Å²) in [7, 11) is 1.84. The van der Waals surface area contributed by atoms with Crippen LogP contribution in [0.3, 0.4) is 0 Å². The molecule has 6 heteroatoms. The van der Waals surface area contributed by atoms with Crippen molar-refractivity contribution in [2.24, 2.45) is 0 Å². The Morgan fingerprint density at radius 1 is 1.27 bits per heavy atom. The highest BCUT2D eigenvalue weighted by Gasteiger charge is 2.26. The number of aliphatic hydroxyl groups is 1. The fraction of sp³-hybridized carbons (Fsp3) is 0.562. The Kier molecular flexibility index (Phi) is 5.74. The lowest BCUT2D eigenvalue weighted by Gasteiger charge is -2.38. The van der Waals surface area contributed by atoms with Crippen molar-refractivity contribution >= 4 is 11.6 Å². The van der Waals surface area contributed by atoms with Crippen LogP contribution < -0.4 is 4.90 Å². The molecule has 1 saturated heterocycles. The Morgan fingerprint density at radius 2 is 1.86 bits per heavy atom. The molecule has 22 heavy (non-hydrogen) atoms. The third kappa shape index (κ3) is 3.96. The Bertz CT molecular complexity index is 487. The first-order valence-electron chi connectivity index (χ1n) is 7.63. The van der Waals surface area contributed by atoms with Gasteiger partial charge in [0.2, 0.25) is 5.91 Å². The number of carbonyl (C=O) groups excluding carboxylic acids is 1. The SMILES string of the molecule is CC(C(=O)N1CCN(c2ccc(F)cc2)CC1)N(C)CCO. The smallest absolute Gasteiger partial charge is 0.239 e. The molecule has 1 unspecified atom stereocenters. The molecule has 1 N–H and O–H groups in total. The Labute approximate surface area is 130 Å². The van der Waals surface area contributed by atoms with Gasteiger partial charge in [-0.25, -0.2) is 4.39 Å². The second-order valence-corrected chi connectivity index (χ2v) is 5.67. The van der Waals surface area contributed by atoms with Gasteiger partial charge in [-0.3, -0.25) is 9.69 Å². The first-order chi connectivity index (χ1) is 10.5. The van der Waals surface area contributed by atoms with Gasteiger partial charge in [0.05, 0.1) is 12.6 Å². The van der Waals surface area contributed by atoms with Crippen LogP contribution in [0.4, 0.5) is 10.1 Å². The minimum absolute atomic E-state index is 0.0481. The molecule has 0 bridgehead atoms. The van der Waals surface area contributed by atoms with Gasteiger partial charge < -0.3 is 14.9 Å². The molecule has 0 saturated carbocycles. The Morgan fingerprint density at radius 3 is 2.41 bits per heavy atom. The van der Waals surface area contributed by atoms with E-state index < -0.39 is 0 Å². The lowest BCUT2D eigenvalue weighted by Crippen LogP contribution is -2.54. The standard InChI is InChI=1S/C16H24FN3O2/c1-13(18(2)11-12-21)16(22)20-9-7-19(8-10-20)15-5-3-14(17)4-6-15/h3-6,13,21H,7-12H2,1-2H3. The fourth-order valence-corrected chi connectivity index (χ4v) is 2.64. The van der Waals surface area contributed by atoms with Crippen LogP contribution in [0.2, 0.25) is 0 Å². The highest BCUT2D eigenvalue weighted by Crippen LogP contribution is 2.17. The van der Waals surface area contributed by atoms with Crippen molar-refractivity contribution in [2.45, 2.75) is 13.0 Å². The van der Waals surface area contributed by atoms with Crippen LogP contribution in [0.5, 0.6) is 0 Å². The maximum atomic E-state index is 13.0. The van der Waals surface area contributed by atoms with Gasteiger partial charge in [-0.05, 0) is 38.2 Å². The normalized spacial score (nSPS) is 17.0. The van der Waals surface area contributed by atoms with E-state index in [0.29, 0.717) is 19.6 Å². The van der Waals surface area contributed by atoms with Crippen LogP contribution in [0.1, 0.15) is 6.92 Å². The molecule has 122 valence electrons. The van der Waals surface area contributed by atoms with E-state index in [9.17, 15) is 9.18 Å². The lowest BCUT2D eigenvalue weighted by atomic mass is 10.2. The van der Waals surface area contributed by atoms with E-state index in [1.54, 1.807) is 12.1 Å². The molecular formula is C16H24FN3O2. The molecule has 1 fully saturated rings. The third-order valence-corrected chi connectivity index (χ3v) is 4.25. The number of rotatable bonds is 5. The summed E-state index contributed by atoms with van der Waals surface area (Å²) in [5.41, 5.74) is 0.985. The minimum atomic E-state index is -0.238. The van der Waals surface area contributed by atoms with Crippen molar-refractivity contribution in [3.8, 4) is 0 Å². The molecule has 0 radical (unpaired) electrons. The van der Waals surface area contributed by atoms with Crippen molar-refractivity contribution in [1.82, 2.24) is 9.80 Å². The van der Waals surface area contributed by atoms with E-state index in [4.69, 9.17) is 5.11 Å². The molecule has 0 aliphatic carbocycles. The molecule has 0 spiro atoms. The van der Waals surface area contributed by atoms with Crippen LogP contribution in [0.25, 0.3) is 0 Å². The average Bonchev–Trinajstić information content (AvgIpc) is 2.54. The second-order valence-electron chi connectivity index (χ2n) is 5.67. The van der Waals surface area contributed by atoms with Gasteiger partial charge in [-0.2, -0.15) is 0 Å². The largest absolute Gasteiger partial charge is 0.395 e. The number of carbonyl (C=O) groups is 1. The lowest BCUT2D eigenvalue weighted by molar-refractivity contribution is -0.136. The summed E-state index contributed by atoms with van der Waals surface area (Å²) < 4.78 is 13.0. The number of hydrogen-bond acceptors (Lipinski definition) is 4. The van der Waals surface area contributed by atoms with Crippen LogP contribution in [-0.2, 0) is 4.79 Å². The number of benzene rings is 1. The molecule has 0 aromatic heterocycles. The number of nitrogens with zero attached hydrogens (tertiary/aromatic N) is 3. The van der Waals surface area contributed by atoms with Crippen molar-refractivity contribution < 1.29 is 14.3 Å². The van der Waals surface area contributed by atoms with Gasteiger partial charge in [-0.15, -0.1) is 0 Å². The summed E-state index contributed by atoms with van der Waals surface area (Å²) in [4.78, 5) is 18.3. The van der Waals surface area contributed by atoms with E-state index in [0.717, 1.165) is 18.8 Å². The predicted molar refractivity (Wildman–Crippen MR) is 84.4 cm³/mol. The number of amides is 1. The summed E-state index contributed by atoms with van der Waals surface area (Å²) in [5, 5.41) is 8.96. The third-order valence-electron chi connectivity index (χ3n) is 4.25. The van der Waals surface area contributed by atoms with Crippen LogP contribution >= 0.6 is 0 Å².